The number of benzene rings is 1. The van der Waals surface area contributed by atoms with Gasteiger partial charge in [-0.3, -0.25) is 9.59 Å². The number of nitrogens with one attached hydrogen (secondary N) is 3. The highest BCUT2D eigenvalue weighted by molar-refractivity contribution is 5.85. The molecule has 0 radical (unpaired) electrons. The van der Waals surface area contributed by atoms with Gasteiger partial charge in [-0.25, -0.2) is 0 Å². The molecule has 1 fully saturated rings. The number of amides is 2. The maximum Gasteiger partial charge on any atom is 0.239 e. The fourth-order valence-corrected chi connectivity index (χ4v) is 2.82. The number of carbonyl (C=O) groups excluding carboxylic acids is 2. The number of halogens is 1. The molecular weight excluding hydrogens is 326 g/mol. The largest absolute Gasteiger partial charge is 0.352 e. The quantitative estimate of drug-likeness (QED) is 0.729. The summed E-state index contributed by atoms with van der Waals surface area (Å²) in [5.74, 6) is -0.188. The van der Waals surface area contributed by atoms with E-state index < -0.39 is 0 Å². The molecule has 1 aliphatic heterocycles. The van der Waals surface area contributed by atoms with Crippen molar-refractivity contribution < 1.29 is 9.59 Å². The minimum atomic E-state index is -0.104. The molecule has 6 heteroatoms. The minimum Gasteiger partial charge on any atom is -0.352 e. The molecule has 2 amide bonds. The average molecular weight is 354 g/mol. The number of piperidine rings is 1. The van der Waals surface area contributed by atoms with E-state index in [1.807, 2.05) is 31.2 Å². The van der Waals surface area contributed by atoms with E-state index in [9.17, 15) is 9.59 Å². The molecule has 24 heavy (non-hydrogen) atoms. The van der Waals surface area contributed by atoms with Gasteiger partial charge in [-0.15, -0.1) is 12.4 Å². The first-order chi connectivity index (χ1) is 11.0. The van der Waals surface area contributed by atoms with Gasteiger partial charge < -0.3 is 16.0 Å². The molecule has 2 unspecified atom stereocenters. The van der Waals surface area contributed by atoms with Crippen molar-refractivity contribution in [1.82, 2.24) is 16.0 Å². The third kappa shape index (κ3) is 7.32. The van der Waals surface area contributed by atoms with E-state index in [0.717, 1.165) is 24.9 Å². The second-order valence-corrected chi connectivity index (χ2v) is 6.41. The van der Waals surface area contributed by atoms with Crippen molar-refractivity contribution >= 4 is 24.2 Å². The Morgan fingerprint density at radius 3 is 2.58 bits per heavy atom. The van der Waals surface area contributed by atoms with E-state index in [1.54, 1.807) is 0 Å². The van der Waals surface area contributed by atoms with Gasteiger partial charge in [0.2, 0.25) is 11.8 Å². The lowest BCUT2D eigenvalue weighted by molar-refractivity contribution is -0.126. The Kier molecular flexibility index (Phi) is 8.79. The van der Waals surface area contributed by atoms with Crippen LogP contribution >= 0.6 is 12.4 Å². The summed E-state index contributed by atoms with van der Waals surface area (Å²) < 4.78 is 0. The summed E-state index contributed by atoms with van der Waals surface area (Å²) in [6, 6.07) is 8.80. The molecule has 0 aromatic heterocycles. The highest BCUT2D eigenvalue weighted by Crippen LogP contribution is 2.08. The van der Waals surface area contributed by atoms with E-state index in [4.69, 9.17) is 0 Å². The van der Waals surface area contributed by atoms with Gasteiger partial charge in [-0.2, -0.15) is 0 Å². The maximum atomic E-state index is 11.9. The molecule has 5 nitrogen and oxygen atoms in total. The summed E-state index contributed by atoms with van der Waals surface area (Å²) in [5.41, 5.74) is 2.35. The van der Waals surface area contributed by atoms with Gasteiger partial charge in [0.1, 0.15) is 0 Å². The summed E-state index contributed by atoms with van der Waals surface area (Å²) in [4.78, 5) is 23.7. The molecule has 3 N–H and O–H groups in total. The second-order valence-electron chi connectivity index (χ2n) is 6.41. The van der Waals surface area contributed by atoms with Crippen LogP contribution in [0.25, 0.3) is 0 Å². The van der Waals surface area contributed by atoms with Crippen LogP contribution in [0.2, 0.25) is 0 Å². The number of rotatable bonds is 6. The fourth-order valence-electron chi connectivity index (χ4n) is 2.82. The lowest BCUT2D eigenvalue weighted by Gasteiger charge is -2.28. The first-order valence-corrected chi connectivity index (χ1v) is 8.38. The van der Waals surface area contributed by atoms with E-state index in [2.05, 4.69) is 22.9 Å². The molecular formula is C18H28ClN3O2. The molecule has 2 atom stereocenters. The topological polar surface area (TPSA) is 70.2 Å². The number of carbonyl (C=O) groups is 2. The summed E-state index contributed by atoms with van der Waals surface area (Å²) in [6.07, 6.45) is 2.98. The average Bonchev–Trinajstić information content (AvgIpc) is 2.52. The molecule has 1 heterocycles. The lowest BCUT2D eigenvalue weighted by atomic mass is 10.0. The minimum absolute atomic E-state index is 0. The molecule has 134 valence electrons. The van der Waals surface area contributed by atoms with Gasteiger partial charge in [0, 0.05) is 18.5 Å². The van der Waals surface area contributed by atoms with Gasteiger partial charge in [0.15, 0.2) is 0 Å². The molecule has 1 aliphatic rings. The van der Waals surface area contributed by atoms with Crippen LogP contribution in [0.3, 0.4) is 0 Å². The molecule has 2 rings (SSSR count). The molecule has 1 saturated heterocycles. The molecule has 0 bridgehead atoms. The zero-order valence-corrected chi connectivity index (χ0v) is 15.2. The molecule has 1 aromatic carbocycles. The van der Waals surface area contributed by atoms with Crippen LogP contribution in [0.15, 0.2) is 24.3 Å². The standard InChI is InChI=1S/C18H27N3O2.ClH/c1-13-3-5-15(6-4-13)7-8-17(22)20-12-18(23)21-16-9-10-19-14(2)11-16;/h3-6,14,16,19H,7-12H2,1-2H3,(H,20,22)(H,21,23);1H. The van der Waals surface area contributed by atoms with Gasteiger partial charge in [0.05, 0.1) is 6.54 Å². The van der Waals surface area contributed by atoms with Crippen molar-refractivity contribution in [1.29, 1.82) is 0 Å². The zero-order valence-electron chi connectivity index (χ0n) is 14.4. The Morgan fingerprint density at radius 1 is 1.21 bits per heavy atom. The SMILES string of the molecule is Cc1ccc(CCC(=O)NCC(=O)NC2CCNC(C)C2)cc1.Cl. The van der Waals surface area contributed by atoms with Crippen molar-refractivity contribution in [3.8, 4) is 0 Å². The Morgan fingerprint density at radius 2 is 1.92 bits per heavy atom. The van der Waals surface area contributed by atoms with Crippen molar-refractivity contribution in [2.45, 2.75) is 51.6 Å². The Bertz CT molecular complexity index is 534. The third-order valence-electron chi connectivity index (χ3n) is 4.20. The van der Waals surface area contributed by atoms with Gasteiger partial charge in [-0.1, -0.05) is 29.8 Å². The maximum absolute atomic E-state index is 11.9. The summed E-state index contributed by atoms with van der Waals surface area (Å²) >= 11 is 0. The summed E-state index contributed by atoms with van der Waals surface area (Å²) in [6.45, 7) is 5.14. The Hall–Kier alpha value is -1.59. The Labute approximate surface area is 150 Å². The van der Waals surface area contributed by atoms with Crippen LogP contribution in [-0.4, -0.2) is 37.0 Å². The molecule has 0 spiro atoms. The smallest absolute Gasteiger partial charge is 0.239 e. The first-order valence-electron chi connectivity index (χ1n) is 8.38. The second kappa shape index (κ2) is 10.3. The van der Waals surface area contributed by atoms with Crippen LogP contribution in [0.5, 0.6) is 0 Å². The van der Waals surface area contributed by atoms with Crippen LogP contribution in [0.1, 0.15) is 37.3 Å². The summed E-state index contributed by atoms with van der Waals surface area (Å²) in [5, 5.41) is 9.04. The van der Waals surface area contributed by atoms with Crippen LogP contribution in [-0.2, 0) is 16.0 Å². The van der Waals surface area contributed by atoms with Gasteiger partial charge >= 0.3 is 0 Å². The predicted octanol–water partition coefficient (Wildman–Crippen LogP) is 1.72. The van der Waals surface area contributed by atoms with Gasteiger partial charge in [0.25, 0.3) is 0 Å². The van der Waals surface area contributed by atoms with Crippen LogP contribution in [0, 0.1) is 6.92 Å². The number of hydrogen-bond acceptors (Lipinski definition) is 3. The normalized spacial score (nSPS) is 19.9. The highest BCUT2D eigenvalue weighted by atomic mass is 35.5. The number of hydrogen-bond donors (Lipinski definition) is 3. The van der Waals surface area contributed by atoms with E-state index in [-0.39, 0.29) is 36.8 Å². The van der Waals surface area contributed by atoms with Gasteiger partial charge in [-0.05, 0) is 45.2 Å². The first kappa shape index (κ1) is 20.5. The molecule has 0 saturated carbocycles. The van der Waals surface area contributed by atoms with E-state index >= 15 is 0 Å². The summed E-state index contributed by atoms with van der Waals surface area (Å²) in [7, 11) is 0. The van der Waals surface area contributed by atoms with Crippen molar-refractivity contribution in [3.63, 3.8) is 0 Å². The van der Waals surface area contributed by atoms with Crippen LogP contribution < -0.4 is 16.0 Å². The van der Waals surface area contributed by atoms with Crippen molar-refractivity contribution in [2.75, 3.05) is 13.1 Å². The van der Waals surface area contributed by atoms with E-state index in [1.165, 1.54) is 5.56 Å². The van der Waals surface area contributed by atoms with Crippen LogP contribution in [0.4, 0.5) is 0 Å². The fraction of sp³-hybridized carbons (Fsp3) is 0.556. The number of aryl methyl sites for hydroxylation is 2. The zero-order chi connectivity index (χ0) is 16.7. The van der Waals surface area contributed by atoms with Crippen molar-refractivity contribution in [2.24, 2.45) is 0 Å². The van der Waals surface area contributed by atoms with E-state index in [0.29, 0.717) is 18.9 Å². The molecule has 1 aromatic rings. The van der Waals surface area contributed by atoms with Crippen molar-refractivity contribution in [3.05, 3.63) is 35.4 Å². The lowest BCUT2D eigenvalue weighted by Crippen LogP contribution is -2.48. The Balaban J connectivity index is 0.00000288. The highest BCUT2D eigenvalue weighted by Gasteiger charge is 2.19. The monoisotopic (exact) mass is 353 g/mol. The molecule has 0 aliphatic carbocycles. The third-order valence-corrected chi connectivity index (χ3v) is 4.20. The predicted molar refractivity (Wildman–Crippen MR) is 98.4 cm³/mol.